The summed E-state index contributed by atoms with van der Waals surface area (Å²) in [4.78, 5) is 15.1. The molecule has 0 spiro atoms. The minimum absolute atomic E-state index is 0.226. The molecule has 1 aliphatic rings. The Kier molecular flexibility index (Phi) is 2.77. The molecule has 6 nitrogen and oxygen atoms in total. The Hall–Kier alpha value is -2.67. The van der Waals surface area contributed by atoms with Gasteiger partial charge in [-0.15, -0.1) is 0 Å². The van der Waals surface area contributed by atoms with Crippen molar-refractivity contribution in [3.05, 3.63) is 45.5 Å². The van der Waals surface area contributed by atoms with Crippen LogP contribution in [0.5, 0.6) is 5.75 Å². The summed E-state index contributed by atoms with van der Waals surface area (Å²) in [5, 5.41) is 5.09. The van der Waals surface area contributed by atoms with Gasteiger partial charge in [-0.2, -0.15) is 5.10 Å². The fourth-order valence-corrected chi connectivity index (χ4v) is 2.97. The highest BCUT2D eigenvalue weighted by atomic mass is 32.1. The van der Waals surface area contributed by atoms with Gasteiger partial charge < -0.3 is 4.74 Å². The average Bonchev–Trinajstić information content (AvgIpc) is 2.93. The zero-order valence-corrected chi connectivity index (χ0v) is 12.6. The van der Waals surface area contributed by atoms with E-state index in [0.29, 0.717) is 28.0 Å². The number of hydrogen-bond acceptors (Lipinski definition) is 4. The minimum Gasteiger partial charge on any atom is -0.497 e. The molecule has 0 saturated carbocycles. The molecule has 2 aromatic heterocycles. The van der Waals surface area contributed by atoms with E-state index >= 15 is 0 Å². The van der Waals surface area contributed by atoms with Crippen molar-refractivity contribution in [1.82, 2.24) is 19.3 Å². The smallest absolute Gasteiger partial charge is 0.263 e. The lowest BCUT2D eigenvalue weighted by Crippen LogP contribution is -2.16. The predicted molar refractivity (Wildman–Crippen MR) is 86.5 cm³/mol. The Bertz CT molecular complexity index is 1040. The van der Waals surface area contributed by atoms with Crippen molar-refractivity contribution in [1.29, 1.82) is 0 Å². The molecule has 3 aromatic rings. The van der Waals surface area contributed by atoms with E-state index in [1.165, 1.54) is 0 Å². The lowest BCUT2D eigenvalue weighted by Gasteiger charge is -2.10. The number of aromatic nitrogens is 4. The summed E-state index contributed by atoms with van der Waals surface area (Å²) in [6, 6.07) is 7.49. The number of allylic oxidation sites excluding steroid dienone is 1. The van der Waals surface area contributed by atoms with Crippen molar-refractivity contribution >= 4 is 29.5 Å². The quantitative estimate of drug-likeness (QED) is 0.738. The zero-order valence-electron chi connectivity index (χ0n) is 11.7. The largest absolute Gasteiger partial charge is 0.497 e. The van der Waals surface area contributed by atoms with E-state index < -0.39 is 0 Å². The fourth-order valence-electron chi connectivity index (χ4n) is 2.71. The molecular formula is C15H12N4O2S. The van der Waals surface area contributed by atoms with Gasteiger partial charge in [-0.1, -0.05) is 12.1 Å². The molecule has 0 saturated heterocycles. The molecule has 3 heterocycles. The summed E-state index contributed by atoms with van der Waals surface area (Å²) < 4.78 is 9.21. The maximum Gasteiger partial charge on any atom is 0.263 e. The van der Waals surface area contributed by atoms with Crippen molar-refractivity contribution in [2.75, 3.05) is 7.11 Å². The van der Waals surface area contributed by atoms with Crippen LogP contribution in [0.15, 0.2) is 35.1 Å². The van der Waals surface area contributed by atoms with E-state index in [1.807, 2.05) is 41.1 Å². The third kappa shape index (κ3) is 1.75. The molecule has 1 aliphatic heterocycles. The van der Waals surface area contributed by atoms with E-state index in [2.05, 4.69) is 10.1 Å². The minimum atomic E-state index is -0.226. The third-order valence-corrected chi connectivity index (χ3v) is 4.03. The lowest BCUT2D eigenvalue weighted by atomic mass is 10.1. The standard InChI is InChI=1S/C15H12N4O2S/c1-21-10-5-2-4-9(8-10)12-11-13(20)16-15(22)18-6-3-7-19(17-12)14(11)18/h2-5,7-8H,6H2,1H3,(H,16,20,22). The highest BCUT2D eigenvalue weighted by molar-refractivity contribution is 7.71. The number of H-pyrrole nitrogens is 1. The molecular weight excluding hydrogens is 300 g/mol. The van der Waals surface area contributed by atoms with Gasteiger partial charge in [0.15, 0.2) is 10.4 Å². The summed E-state index contributed by atoms with van der Waals surface area (Å²) >= 11 is 5.24. The molecule has 0 fully saturated rings. The van der Waals surface area contributed by atoms with Crippen LogP contribution in [0.3, 0.4) is 0 Å². The second-order valence-corrected chi connectivity index (χ2v) is 5.37. The molecule has 0 aliphatic carbocycles. The molecule has 0 unspecified atom stereocenters. The monoisotopic (exact) mass is 312 g/mol. The van der Waals surface area contributed by atoms with Crippen molar-refractivity contribution < 1.29 is 4.74 Å². The first kappa shape index (κ1) is 13.0. The van der Waals surface area contributed by atoms with Crippen LogP contribution in [0.4, 0.5) is 0 Å². The van der Waals surface area contributed by atoms with Crippen molar-refractivity contribution in [3.8, 4) is 17.0 Å². The number of benzene rings is 1. The molecule has 1 aromatic carbocycles. The number of ether oxygens (including phenoxy) is 1. The van der Waals surface area contributed by atoms with Crippen LogP contribution in [0.2, 0.25) is 0 Å². The Balaban J connectivity index is 2.12. The first-order valence-corrected chi connectivity index (χ1v) is 7.16. The van der Waals surface area contributed by atoms with Crippen molar-refractivity contribution in [2.24, 2.45) is 0 Å². The Morgan fingerprint density at radius 1 is 1.41 bits per heavy atom. The molecule has 0 amide bonds. The van der Waals surface area contributed by atoms with Gasteiger partial charge in [-0.05, 0) is 30.4 Å². The number of methoxy groups -OCH3 is 1. The summed E-state index contributed by atoms with van der Waals surface area (Å²) in [7, 11) is 1.61. The van der Waals surface area contributed by atoms with Gasteiger partial charge in [0, 0.05) is 18.3 Å². The highest BCUT2D eigenvalue weighted by Gasteiger charge is 2.20. The summed E-state index contributed by atoms with van der Waals surface area (Å²) in [6.07, 6.45) is 3.79. The topological polar surface area (TPSA) is 64.8 Å². The Morgan fingerprint density at radius 2 is 2.27 bits per heavy atom. The second-order valence-electron chi connectivity index (χ2n) is 4.98. The summed E-state index contributed by atoms with van der Waals surface area (Å²) in [5.41, 5.74) is 1.93. The number of aromatic amines is 1. The Labute approximate surface area is 130 Å². The molecule has 0 bridgehead atoms. The molecule has 7 heteroatoms. The highest BCUT2D eigenvalue weighted by Crippen LogP contribution is 2.29. The van der Waals surface area contributed by atoms with E-state index in [9.17, 15) is 4.79 Å². The van der Waals surface area contributed by atoms with Gasteiger partial charge in [0.05, 0.1) is 7.11 Å². The molecule has 0 atom stereocenters. The summed E-state index contributed by atoms with van der Waals surface area (Å²) in [6.45, 7) is 0.620. The first-order valence-electron chi connectivity index (χ1n) is 6.75. The average molecular weight is 312 g/mol. The van der Waals surface area contributed by atoms with Gasteiger partial charge in [-0.3, -0.25) is 14.3 Å². The number of hydrogen-bond donors (Lipinski definition) is 1. The SMILES string of the molecule is COc1cccc(-c2nn3c4c2c(=O)[nH]c(=S)n4CC=C3)c1. The molecule has 110 valence electrons. The molecule has 1 N–H and O–H groups in total. The number of nitrogens with zero attached hydrogens (tertiary/aromatic N) is 3. The van der Waals surface area contributed by atoms with E-state index in [4.69, 9.17) is 17.0 Å². The number of nitrogens with one attached hydrogen (secondary N) is 1. The van der Waals surface area contributed by atoms with Crippen LogP contribution in [-0.4, -0.2) is 26.4 Å². The van der Waals surface area contributed by atoms with Crippen LogP contribution in [-0.2, 0) is 6.54 Å². The molecule has 4 rings (SSSR count). The van der Waals surface area contributed by atoms with E-state index in [0.717, 1.165) is 11.3 Å². The Morgan fingerprint density at radius 3 is 3.09 bits per heavy atom. The predicted octanol–water partition coefficient (Wildman–Crippen LogP) is 2.42. The first-order chi connectivity index (χ1) is 10.7. The van der Waals surface area contributed by atoms with Crippen LogP contribution in [0, 0.1) is 4.77 Å². The van der Waals surface area contributed by atoms with Crippen LogP contribution < -0.4 is 10.3 Å². The van der Waals surface area contributed by atoms with Gasteiger partial charge in [0.2, 0.25) is 0 Å². The van der Waals surface area contributed by atoms with Crippen LogP contribution in [0.1, 0.15) is 0 Å². The van der Waals surface area contributed by atoms with Crippen LogP contribution in [0.25, 0.3) is 28.5 Å². The van der Waals surface area contributed by atoms with Crippen molar-refractivity contribution in [2.45, 2.75) is 6.54 Å². The maximum absolute atomic E-state index is 12.4. The lowest BCUT2D eigenvalue weighted by molar-refractivity contribution is 0.415. The summed E-state index contributed by atoms with van der Waals surface area (Å²) in [5.74, 6) is 0.717. The normalized spacial score (nSPS) is 12.8. The van der Waals surface area contributed by atoms with Gasteiger partial charge in [-0.25, -0.2) is 4.68 Å². The second kappa shape index (κ2) is 4.67. The van der Waals surface area contributed by atoms with Gasteiger partial charge in [0.1, 0.15) is 16.8 Å². The van der Waals surface area contributed by atoms with Crippen molar-refractivity contribution in [3.63, 3.8) is 0 Å². The zero-order chi connectivity index (χ0) is 15.3. The number of rotatable bonds is 2. The van der Waals surface area contributed by atoms with Gasteiger partial charge >= 0.3 is 0 Å². The van der Waals surface area contributed by atoms with Gasteiger partial charge in [0.25, 0.3) is 5.56 Å². The maximum atomic E-state index is 12.4. The van der Waals surface area contributed by atoms with E-state index in [1.54, 1.807) is 11.8 Å². The molecule has 22 heavy (non-hydrogen) atoms. The molecule has 0 radical (unpaired) electrons. The van der Waals surface area contributed by atoms with E-state index in [-0.39, 0.29) is 5.56 Å². The third-order valence-electron chi connectivity index (χ3n) is 3.71. The van der Waals surface area contributed by atoms with Crippen LogP contribution >= 0.6 is 12.2 Å². The fraction of sp³-hybridized carbons (Fsp3) is 0.133.